The van der Waals surface area contributed by atoms with Gasteiger partial charge >= 0.3 is 0 Å². The second kappa shape index (κ2) is 9.32. The topological polar surface area (TPSA) is 26.4 Å². The predicted molar refractivity (Wildman–Crippen MR) is 130 cm³/mol. The Labute approximate surface area is 194 Å². The summed E-state index contributed by atoms with van der Waals surface area (Å²) < 4.78 is 2.26. The number of hydrogen-bond acceptors (Lipinski definition) is 1. The summed E-state index contributed by atoms with van der Waals surface area (Å²) in [6.07, 6.45) is 2.52. The molecule has 4 heteroatoms. The summed E-state index contributed by atoms with van der Waals surface area (Å²) in [6, 6.07) is 27.4. The van der Waals surface area contributed by atoms with E-state index < -0.39 is 0 Å². The van der Waals surface area contributed by atoms with Gasteiger partial charge < -0.3 is 9.47 Å². The summed E-state index contributed by atoms with van der Waals surface area (Å²) in [7, 11) is 0. The van der Waals surface area contributed by atoms with Gasteiger partial charge in [0.15, 0.2) is 5.78 Å². The van der Waals surface area contributed by atoms with Crippen LogP contribution in [-0.2, 0) is 26.1 Å². The number of fused-ring (bicyclic) bond motifs is 3. The molecule has 1 heterocycles. The van der Waals surface area contributed by atoms with Crippen molar-refractivity contribution in [3.8, 4) is 0 Å². The average Bonchev–Trinajstić information content (AvgIpc) is 3.13. The highest BCUT2D eigenvalue weighted by Gasteiger charge is 2.26. The van der Waals surface area contributed by atoms with Crippen LogP contribution in [0.1, 0.15) is 40.0 Å². The van der Waals surface area contributed by atoms with E-state index in [1.54, 1.807) is 0 Å². The van der Waals surface area contributed by atoms with E-state index in [2.05, 4.69) is 71.3 Å². The number of carbonyl (C=O) groups excluding carboxylic acids is 1. The quantitative estimate of drug-likeness (QED) is 0.422. The molecule has 0 saturated carbocycles. The minimum absolute atomic E-state index is 0.270. The Bertz CT molecular complexity index is 1190. The zero-order chi connectivity index (χ0) is 21.9. The van der Waals surface area contributed by atoms with Crippen LogP contribution in [-0.4, -0.2) is 16.9 Å². The summed E-state index contributed by atoms with van der Waals surface area (Å²) in [6.45, 7) is 3.66. The van der Waals surface area contributed by atoms with Gasteiger partial charge in [-0.15, -0.1) is 0 Å². The van der Waals surface area contributed by atoms with E-state index in [4.69, 9.17) is 11.6 Å². The number of ketones is 1. The predicted octanol–water partition coefficient (Wildman–Crippen LogP) is 5.10. The van der Waals surface area contributed by atoms with Crippen molar-refractivity contribution in [1.29, 1.82) is 0 Å². The van der Waals surface area contributed by atoms with Crippen LogP contribution in [0.4, 0.5) is 0 Å². The third-order valence-corrected chi connectivity index (χ3v) is 6.74. The summed E-state index contributed by atoms with van der Waals surface area (Å²) >= 11 is 6.32. The molecular formula is C28H28ClN2O+. The molecule has 0 spiro atoms. The van der Waals surface area contributed by atoms with E-state index in [1.807, 2.05) is 12.1 Å². The molecule has 1 N–H and O–H groups in total. The number of aromatic nitrogens is 1. The molecule has 1 aliphatic carbocycles. The van der Waals surface area contributed by atoms with Gasteiger partial charge in [0, 0.05) is 33.5 Å². The number of nitrogens with zero attached hydrogens (tertiary/aromatic N) is 1. The number of nitrogens with one attached hydrogen (secondary N) is 1. The van der Waals surface area contributed by atoms with Gasteiger partial charge in [-0.05, 0) is 36.6 Å². The molecule has 0 aliphatic heterocycles. The van der Waals surface area contributed by atoms with Crippen LogP contribution in [0, 0.1) is 0 Å². The summed E-state index contributed by atoms with van der Waals surface area (Å²) in [4.78, 5) is 14.4. The average molecular weight is 444 g/mol. The molecule has 1 aliphatic rings. The lowest BCUT2D eigenvalue weighted by molar-refractivity contribution is -0.928. The number of hydrogen-bond donors (Lipinski definition) is 1. The molecule has 0 saturated heterocycles. The second-order valence-corrected chi connectivity index (χ2v) is 9.18. The minimum Gasteiger partial charge on any atom is -0.332 e. The first-order chi connectivity index (χ1) is 15.7. The van der Waals surface area contributed by atoms with Gasteiger partial charge in [-0.1, -0.05) is 72.3 Å². The van der Waals surface area contributed by atoms with E-state index >= 15 is 0 Å². The van der Waals surface area contributed by atoms with E-state index in [0.29, 0.717) is 6.42 Å². The first kappa shape index (κ1) is 21.0. The Morgan fingerprint density at radius 3 is 2.16 bits per heavy atom. The van der Waals surface area contributed by atoms with Gasteiger partial charge in [0.2, 0.25) is 0 Å². The molecule has 0 fully saturated rings. The van der Waals surface area contributed by atoms with E-state index in [0.717, 1.165) is 60.6 Å². The van der Waals surface area contributed by atoms with Crippen molar-refractivity contribution in [1.82, 2.24) is 4.57 Å². The van der Waals surface area contributed by atoms with Crippen molar-refractivity contribution in [3.05, 3.63) is 106 Å². The van der Waals surface area contributed by atoms with Crippen LogP contribution in [0.3, 0.4) is 0 Å². The SMILES string of the molecule is O=C1CCCc2c1n(CC[NH+](Cc1ccccc1)Cc1ccccc1)c1ccc(Cl)cc21. The molecule has 0 atom stereocenters. The van der Waals surface area contributed by atoms with Gasteiger partial charge in [0.05, 0.1) is 18.8 Å². The van der Waals surface area contributed by atoms with Gasteiger partial charge in [-0.25, -0.2) is 0 Å². The molecule has 32 heavy (non-hydrogen) atoms. The van der Waals surface area contributed by atoms with Crippen LogP contribution in [0.2, 0.25) is 5.02 Å². The molecule has 4 aromatic rings. The van der Waals surface area contributed by atoms with Crippen LogP contribution in [0.5, 0.6) is 0 Å². The van der Waals surface area contributed by atoms with Crippen molar-refractivity contribution in [3.63, 3.8) is 0 Å². The molecule has 3 aromatic carbocycles. The lowest BCUT2D eigenvalue weighted by atomic mass is 9.94. The van der Waals surface area contributed by atoms with Crippen molar-refractivity contribution in [2.45, 2.75) is 38.9 Å². The molecule has 3 nitrogen and oxygen atoms in total. The number of quaternary nitrogens is 1. The number of benzene rings is 3. The lowest BCUT2D eigenvalue weighted by Crippen LogP contribution is -3.09. The highest BCUT2D eigenvalue weighted by atomic mass is 35.5. The zero-order valence-corrected chi connectivity index (χ0v) is 18.9. The van der Waals surface area contributed by atoms with Gasteiger partial charge in [-0.2, -0.15) is 0 Å². The van der Waals surface area contributed by atoms with Crippen LogP contribution < -0.4 is 4.90 Å². The van der Waals surface area contributed by atoms with Crippen LogP contribution >= 0.6 is 11.6 Å². The van der Waals surface area contributed by atoms with Gasteiger partial charge in [0.25, 0.3) is 0 Å². The fraction of sp³-hybridized carbons (Fsp3) is 0.250. The van der Waals surface area contributed by atoms with Crippen LogP contribution in [0.25, 0.3) is 10.9 Å². The minimum atomic E-state index is 0.270. The molecule has 5 rings (SSSR count). The zero-order valence-electron chi connectivity index (χ0n) is 18.2. The summed E-state index contributed by atoms with van der Waals surface area (Å²) in [5.41, 5.74) is 5.90. The lowest BCUT2D eigenvalue weighted by Gasteiger charge is -2.22. The van der Waals surface area contributed by atoms with Crippen molar-refractivity contribution in [2.75, 3.05) is 6.54 Å². The number of Topliss-reactive ketones (excluding diaryl/α,β-unsaturated/α-hetero) is 1. The van der Waals surface area contributed by atoms with E-state index in [9.17, 15) is 4.79 Å². The maximum atomic E-state index is 12.9. The first-order valence-corrected chi connectivity index (χ1v) is 11.8. The van der Waals surface area contributed by atoms with Crippen molar-refractivity contribution < 1.29 is 9.69 Å². The molecule has 0 unspecified atom stereocenters. The highest BCUT2D eigenvalue weighted by molar-refractivity contribution is 6.31. The molecule has 0 amide bonds. The maximum absolute atomic E-state index is 12.9. The smallest absolute Gasteiger partial charge is 0.179 e. The van der Waals surface area contributed by atoms with Crippen LogP contribution in [0.15, 0.2) is 78.9 Å². The number of rotatable bonds is 7. The van der Waals surface area contributed by atoms with E-state index in [-0.39, 0.29) is 5.78 Å². The molecule has 0 radical (unpaired) electrons. The van der Waals surface area contributed by atoms with Crippen molar-refractivity contribution >= 4 is 28.3 Å². The summed E-state index contributed by atoms with van der Waals surface area (Å²) in [5, 5.41) is 1.88. The Morgan fingerprint density at radius 1 is 0.844 bits per heavy atom. The Hall–Kier alpha value is -2.88. The second-order valence-electron chi connectivity index (χ2n) is 8.74. The fourth-order valence-electron chi connectivity index (χ4n) is 5.02. The molecule has 1 aromatic heterocycles. The molecule has 162 valence electrons. The standard InChI is InChI=1S/C28H27ClN2O/c29-23-14-15-26-25(18-23)24-12-7-13-27(32)28(24)31(26)17-16-30(19-21-8-3-1-4-9-21)20-22-10-5-2-6-11-22/h1-6,8-11,14-15,18H,7,12-13,16-17,19-20H2/p+1. The van der Waals surface area contributed by atoms with Gasteiger partial charge in [0.1, 0.15) is 13.1 Å². The summed E-state index contributed by atoms with van der Waals surface area (Å²) in [5.74, 6) is 0.270. The number of aryl methyl sites for hydroxylation is 1. The van der Waals surface area contributed by atoms with Crippen molar-refractivity contribution in [2.24, 2.45) is 0 Å². The first-order valence-electron chi connectivity index (χ1n) is 11.4. The maximum Gasteiger partial charge on any atom is 0.179 e. The normalized spacial score (nSPS) is 13.6. The van der Waals surface area contributed by atoms with Gasteiger partial charge in [-0.3, -0.25) is 4.79 Å². The Kier molecular flexibility index (Phi) is 6.11. The highest BCUT2D eigenvalue weighted by Crippen LogP contribution is 2.33. The largest absolute Gasteiger partial charge is 0.332 e. The molecule has 0 bridgehead atoms. The fourth-order valence-corrected chi connectivity index (χ4v) is 5.19. The number of halogens is 1. The monoisotopic (exact) mass is 443 g/mol. The third kappa shape index (κ3) is 4.36. The number of carbonyl (C=O) groups is 1. The van der Waals surface area contributed by atoms with E-state index in [1.165, 1.54) is 21.6 Å². The third-order valence-electron chi connectivity index (χ3n) is 6.51. The Balaban J connectivity index is 1.46. The molecular weight excluding hydrogens is 416 g/mol. The Morgan fingerprint density at radius 2 is 1.50 bits per heavy atom.